The van der Waals surface area contributed by atoms with Crippen molar-refractivity contribution in [3.8, 4) is 5.75 Å². The molecule has 2 amide bonds. The van der Waals surface area contributed by atoms with Crippen LogP contribution >= 0.6 is 11.6 Å². The van der Waals surface area contributed by atoms with Gasteiger partial charge < -0.3 is 33.6 Å². The number of hydrogen-bond acceptors (Lipinski definition) is 8. The molecule has 0 radical (unpaired) electrons. The van der Waals surface area contributed by atoms with Crippen LogP contribution in [0.2, 0.25) is 0 Å². The number of carbonyl (C=O) groups excluding carboxylic acids is 3. The van der Waals surface area contributed by atoms with E-state index in [-0.39, 0.29) is 42.8 Å². The molecule has 0 aliphatic carbocycles. The van der Waals surface area contributed by atoms with Gasteiger partial charge in [-0.05, 0) is 53.7 Å². The average molecular weight is 584 g/mol. The second kappa shape index (κ2) is 10.8. The van der Waals surface area contributed by atoms with Gasteiger partial charge in [0, 0.05) is 25.8 Å². The number of ether oxygens (including phenoxy) is 4. The number of piperazine rings is 1. The first-order chi connectivity index (χ1) is 18.6. The lowest BCUT2D eigenvalue weighted by Crippen LogP contribution is -2.58. The number of rotatable bonds is 2. The van der Waals surface area contributed by atoms with Crippen molar-refractivity contribution in [3.05, 3.63) is 46.6 Å². The number of allylic oxidation sites excluding steroid dienone is 1. The van der Waals surface area contributed by atoms with Gasteiger partial charge in [-0.3, -0.25) is 4.79 Å². The molecule has 1 saturated heterocycles. The highest BCUT2D eigenvalue weighted by Crippen LogP contribution is 2.42. The van der Waals surface area contributed by atoms with Crippen molar-refractivity contribution in [3.63, 3.8) is 0 Å². The van der Waals surface area contributed by atoms with Crippen molar-refractivity contribution in [2.75, 3.05) is 31.1 Å². The van der Waals surface area contributed by atoms with E-state index in [0.717, 1.165) is 17.2 Å². The van der Waals surface area contributed by atoms with Gasteiger partial charge in [0.2, 0.25) is 6.30 Å². The third kappa shape index (κ3) is 6.27. The topological polar surface area (TPSA) is 97.9 Å². The third-order valence-corrected chi connectivity index (χ3v) is 6.30. The fraction of sp³-hybridized carbons (Fsp3) is 0.519. The highest BCUT2D eigenvalue weighted by atomic mass is 35.5. The standard InChI is InChI=1S/C27H32ClF2N3O7/c1-26(2,3)39-24(35)31-10-11-32-15(12-31)14-37-21-16(28)13-33(22(30)19(21)23(32)34)20-17(29)8-7-9-18(20)38-25(36)40-27(4,5)6/h7-9,13,15,22H,10-12,14H2,1-6H3. The Balaban J connectivity index is 1.60. The number of benzene rings is 1. The van der Waals surface area contributed by atoms with Crippen molar-refractivity contribution in [2.45, 2.75) is 65.1 Å². The molecule has 0 saturated carbocycles. The van der Waals surface area contributed by atoms with Gasteiger partial charge in [-0.15, -0.1) is 0 Å². The molecular weight excluding hydrogens is 552 g/mol. The van der Waals surface area contributed by atoms with Crippen LogP contribution in [0.1, 0.15) is 41.5 Å². The number of alkyl halides is 1. The predicted octanol–water partition coefficient (Wildman–Crippen LogP) is 5.07. The monoisotopic (exact) mass is 583 g/mol. The maximum Gasteiger partial charge on any atom is 0.514 e. The highest BCUT2D eigenvalue weighted by molar-refractivity contribution is 6.32. The largest absolute Gasteiger partial charge is 0.514 e. The van der Waals surface area contributed by atoms with Crippen LogP contribution in [0.5, 0.6) is 5.75 Å². The molecule has 3 aliphatic rings. The number of para-hydroxylation sites is 1. The zero-order valence-corrected chi connectivity index (χ0v) is 23.9. The Kier molecular flexibility index (Phi) is 7.94. The van der Waals surface area contributed by atoms with E-state index >= 15 is 8.78 Å². The summed E-state index contributed by atoms with van der Waals surface area (Å²) in [5.41, 5.74) is -2.50. The summed E-state index contributed by atoms with van der Waals surface area (Å²) in [7, 11) is 0. The predicted molar refractivity (Wildman–Crippen MR) is 141 cm³/mol. The first-order valence-corrected chi connectivity index (χ1v) is 13.1. The van der Waals surface area contributed by atoms with Crippen LogP contribution in [-0.2, 0) is 19.0 Å². The lowest BCUT2D eigenvalue weighted by atomic mass is 10.1. The average Bonchev–Trinajstić information content (AvgIpc) is 2.96. The fourth-order valence-corrected chi connectivity index (χ4v) is 4.69. The minimum absolute atomic E-state index is 0.0621. The molecule has 3 heterocycles. The van der Waals surface area contributed by atoms with Gasteiger partial charge in [0.25, 0.3) is 5.91 Å². The lowest BCUT2D eigenvalue weighted by molar-refractivity contribution is -0.132. The number of hydrogen-bond donors (Lipinski definition) is 0. The number of fused-ring (bicyclic) bond motifs is 1. The summed E-state index contributed by atoms with van der Waals surface area (Å²) in [4.78, 5) is 42.2. The molecule has 2 atom stereocenters. The maximum absolute atomic E-state index is 16.2. The fourth-order valence-electron chi connectivity index (χ4n) is 4.43. The van der Waals surface area contributed by atoms with E-state index in [4.69, 9.17) is 30.5 Å². The molecule has 218 valence electrons. The van der Waals surface area contributed by atoms with Crippen molar-refractivity contribution < 1.29 is 42.1 Å². The molecule has 0 aromatic heterocycles. The third-order valence-electron chi connectivity index (χ3n) is 6.03. The van der Waals surface area contributed by atoms with Gasteiger partial charge in [0.1, 0.15) is 29.1 Å². The van der Waals surface area contributed by atoms with Crippen LogP contribution in [0, 0.1) is 5.82 Å². The Bertz CT molecular complexity index is 1270. The van der Waals surface area contributed by atoms with E-state index < -0.39 is 58.8 Å². The molecule has 1 aromatic carbocycles. The summed E-state index contributed by atoms with van der Waals surface area (Å²) in [5, 5.41) is -0.160. The van der Waals surface area contributed by atoms with Gasteiger partial charge >= 0.3 is 12.2 Å². The number of halogens is 3. The van der Waals surface area contributed by atoms with Crippen LogP contribution in [0.25, 0.3) is 0 Å². The molecule has 10 nitrogen and oxygen atoms in total. The first-order valence-electron chi connectivity index (χ1n) is 12.7. The molecule has 1 aromatic rings. The van der Waals surface area contributed by atoms with Crippen molar-refractivity contribution in [1.82, 2.24) is 9.80 Å². The van der Waals surface area contributed by atoms with E-state index in [9.17, 15) is 14.4 Å². The van der Waals surface area contributed by atoms with E-state index in [1.165, 1.54) is 21.9 Å². The quantitative estimate of drug-likeness (QED) is 0.270. The van der Waals surface area contributed by atoms with Gasteiger partial charge in [-0.2, -0.15) is 0 Å². The number of amides is 2. The van der Waals surface area contributed by atoms with Gasteiger partial charge in [0.05, 0.1) is 11.1 Å². The van der Waals surface area contributed by atoms with E-state index in [0.29, 0.717) is 0 Å². The minimum atomic E-state index is -2.24. The summed E-state index contributed by atoms with van der Waals surface area (Å²) in [5.74, 6) is -2.16. The van der Waals surface area contributed by atoms with Crippen LogP contribution in [0.3, 0.4) is 0 Å². The molecule has 0 N–H and O–H groups in total. The van der Waals surface area contributed by atoms with Gasteiger partial charge in [-0.25, -0.2) is 18.4 Å². The Labute approximate surface area is 236 Å². The van der Waals surface area contributed by atoms with Crippen molar-refractivity contribution in [2.24, 2.45) is 0 Å². The second-order valence-electron chi connectivity index (χ2n) is 11.5. The number of carbonyl (C=O) groups is 3. The molecular formula is C27H32ClF2N3O7. The molecule has 4 rings (SSSR count). The van der Waals surface area contributed by atoms with Crippen LogP contribution in [0.4, 0.5) is 24.1 Å². The molecule has 0 spiro atoms. The Morgan fingerprint density at radius 1 is 1.07 bits per heavy atom. The van der Waals surface area contributed by atoms with Crippen LogP contribution in [-0.4, -0.2) is 77.7 Å². The highest BCUT2D eigenvalue weighted by Gasteiger charge is 2.45. The summed E-state index contributed by atoms with van der Waals surface area (Å²) < 4.78 is 52.9. The van der Waals surface area contributed by atoms with Gasteiger partial charge in [0.15, 0.2) is 17.3 Å². The van der Waals surface area contributed by atoms with Gasteiger partial charge in [-0.1, -0.05) is 17.7 Å². The molecule has 40 heavy (non-hydrogen) atoms. The first kappa shape index (κ1) is 29.4. The van der Waals surface area contributed by atoms with Crippen molar-refractivity contribution >= 4 is 35.4 Å². The van der Waals surface area contributed by atoms with Crippen molar-refractivity contribution in [1.29, 1.82) is 0 Å². The van der Waals surface area contributed by atoms with E-state index in [2.05, 4.69) is 0 Å². The Morgan fingerprint density at radius 2 is 1.75 bits per heavy atom. The molecule has 0 bridgehead atoms. The summed E-state index contributed by atoms with van der Waals surface area (Å²) in [6.07, 6.45) is -2.84. The molecule has 13 heteroatoms. The van der Waals surface area contributed by atoms with Crippen LogP contribution in [0.15, 0.2) is 40.8 Å². The summed E-state index contributed by atoms with van der Waals surface area (Å²) >= 11 is 6.44. The SMILES string of the molecule is CC(C)(C)OC(=O)Oc1cccc(F)c1N1C=C(Cl)C2=C(C(=O)N3CCN(C(=O)OC(C)(C)C)CC3CO2)C1F. The number of nitrogens with zero attached hydrogens (tertiary/aromatic N) is 3. The zero-order chi connectivity index (χ0) is 29.6. The molecule has 2 unspecified atom stereocenters. The summed E-state index contributed by atoms with van der Waals surface area (Å²) in [6, 6.07) is 2.98. The Hall–Kier alpha value is -3.54. The van der Waals surface area contributed by atoms with E-state index in [1.807, 2.05) is 0 Å². The zero-order valence-electron chi connectivity index (χ0n) is 23.1. The smallest absolute Gasteiger partial charge is 0.489 e. The second-order valence-corrected chi connectivity index (χ2v) is 11.9. The maximum atomic E-state index is 16.2. The normalized spacial score (nSPS) is 21.6. The Morgan fingerprint density at radius 3 is 2.40 bits per heavy atom. The molecule has 3 aliphatic heterocycles. The van der Waals surface area contributed by atoms with Crippen LogP contribution < -0.4 is 9.64 Å². The lowest BCUT2D eigenvalue weighted by Gasteiger charge is -2.40. The van der Waals surface area contributed by atoms with E-state index in [1.54, 1.807) is 41.5 Å². The summed E-state index contributed by atoms with van der Waals surface area (Å²) in [6.45, 7) is 10.4. The molecule has 1 fully saturated rings. The minimum Gasteiger partial charge on any atom is -0.489 e. The number of anilines is 1.